The van der Waals surface area contributed by atoms with Crippen LogP contribution in [0.5, 0.6) is 5.75 Å². The van der Waals surface area contributed by atoms with Crippen molar-refractivity contribution in [2.45, 2.75) is 52.3 Å². The van der Waals surface area contributed by atoms with Crippen LogP contribution in [-0.4, -0.2) is 10.6 Å². The molecule has 0 aliphatic carbocycles. The number of nitrogens with zero attached hydrogens (tertiary/aromatic N) is 1. The summed E-state index contributed by atoms with van der Waals surface area (Å²) in [6.07, 6.45) is 4.69. The summed E-state index contributed by atoms with van der Waals surface area (Å²) >= 11 is 0. The maximum atomic E-state index is 6.21. The lowest BCUT2D eigenvalue weighted by molar-refractivity contribution is 0.0653. The van der Waals surface area contributed by atoms with E-state index in [0.29, 0.717) is 6.04 Å². The van der Waals surface area contributed by atoms with Crippen LogP contribution in [0.1, 0.15) is 48.6 Å². The molecule has 1 N–H and O–H groups in total. The molecule has 2 heterocycles. The number of fused-ring (bicyclic) bond motifs is 1. The Kier molecular flexibility index (Phi) is 3.92. The van der Waals surface area contributed by atoms with Crippen molar-refractivity contribution in [1.29, 1.82) is 0 Å². The van der Waals surface area contributed by atoms with Crippen LogP contribution in [0.25, 0.3) is 0 Å². The highest BCUT2D eigenvalue weighted by Crippen LogP contribution is 2.41. The number of hydrogen-bond donors (Lipinski definition) is 1. The summed E-state index contributed by atoms with van der Waals surface area (Å²) < 4.78 is 6.21. The summed E-state index contributed by atoms with van der Waals surface area (Å²) in [5, 5.41) is 3.69. The van der Waals surface area contributed by atoms with Gasteiger partial charge in [0, 0.05) is 37.0 Å². The Morgan fingerprint density at radius 2 is 2.14 bits per heavy atom. The minimum absolute atomic E-state index is 0.153. The van der Waals surface area contributed by atoms with E-state index in [1.54, 1.807) is 0 Å². The van der Waals surface area contributed by atoms with Gasteiger partial charge in [-0.2, -0.15) is 0 Å². The molecular formula is C19H24N2O. The van der Waals surface area contributed by atoms with Crippen molar-refractivity contribution in [3.63, 3.8) is 0 Å². The van der Waals surface area contributed by atoms with Crippen LogP contribution in [0, 0.1) is 13.8 Å². The lowest BCUT2D eigenvalue weighted by Crippen LogP contribution is -2.39. The number of pyridine rings is 1. The van der Waals surface area contributed by atoms with Crippen molar-refractivity contribution < 1.29 is 4.74 Å². The number of nitrogens with one attached hydrogen (secondary N) is 1. The van der Waals surface area contributed by atoms with Gasteiger partial charge in [-0.05, 0) is 56.5 Å². The Hall–Kier alpha value is -1.87. The zero-order valence-electron chi connectivity index (χ0n) is 13.8. The van der Waals surface area contributed by atoms with Crippen molar-refractivity contribution in [2.75, 3.05) is 0 Å². The van der Waals surface area contributed by atoms with Crippen LogP contribution < -0.4 is 10.1 Å². The topological polar surface area (TPSA) is 34.1 Å². The normalized spacial score (nSPS) is 19.4. The van der Waals surface area contributed by atoms with E-state index in [1.165, 1.54) is 22.3 Å². The molecular weight excluding hydrogens is 272 g/mol. The Labute approximate surface area is 132 Å². The molecule has 1 unspecified atom stereocenters. The quantitative estimate of drug-likeness (QED) is 0.926. The predicted molar refractivity (Wildman–Crippen MR) is 89.1 cm³/mol. The second-order valence-corrected chi connectivity index (χ2v) is 6.85. The van der Waals surface area contributed by atoms with Gasteiger partial charge < -0.3 is 10.1 Å². The molecule has 1 aromatic carbocycles. The highest BCUT2D eigenvalue weighted by molar-refractivity contribution is 5.47. The van der Waals surface area contributed by atoms with Gasteiger partial charge in [-0.3, -0.25) is 4.98 Å². The van der Waals surface area contributed by atoms with Gasteiger partial charge in [-0.25, -0.2) is 0 Å². The van der Waals surface area contributed by atoms with Crippen molar-refractivity contribution in [1.82, 2.24) is 10.3 Å². The van der Waals surface area contributed by atoms with Gasteiger partial charge >= 0.3 is 0 Å². The molecule has 1 aliphatic heterocycles. The number of hydrogen-bond acceptors (Lipinski definition) is 3. The molecule has 0 saturated carbocycles. The van der Waals surface area contributed by atoms with Crippen molar-refractivity contribution in [3.05, 3.63) is 58.9 Å². The third-order valence-electron chi connectivity index (χ3n) is 4.20. The predicted octanol–water partition coefficient (Wildman–Crippen LogP) is 4.09. The lowest BCUT2D eigenvalue weighted by atomic mass is 9.86. The molecule has 0 bridgehead atoms. The number of aryl methyl sites for hydroxylation is 2. The average molecular weight is 296 g/mol. The molecule has 1 aromatic heterocycles. The first-order valence-electron chi connectivity index (χ1n) is 7.87. The molecule has 3 rings (SSSR count). The smallest absolute Gasteiger partial charge is 0.125 e. The Morgan fingerprint density at radius 1 is 1.32 bits per heavy atom. The fourth-order valence-corrected chi connectivity index (χ4v) is 3.32. The Balaban J connectivity index is 1.88. The second-order valence-electron chi connectivity index (χ2n) is 6.85. The molecule has 3 nitrogen and oxygen atoms in total. The number of benzene rings is 1. The zero-order chi connectivity index (χ0) is 15.7. The lowest BCUT2D eigenvalue weighted by Gasteiger charge is -2.39. The fraction of sp³-hybridized carbons (Fsp3) is 0.421. The SMILES string of the molecule is Cc1cc(C)c2c(c1)OC(C)(C)CC2NCc1cccnc1. The third-order valence-corrected chi connectivity index (χ3v) is 4.20. The maximum Gasteiger partial charge on any atom is 0.125 e. The van der Waals surface area contributed by atoms with E-state index in [9.17, 15) is 0 Å². The van der Waals surface area contributed by atoms with Crippen molar-refractivity contribution >= 4 is 0 Å². The van der Waals surface area contributed by atoms with Crippen molar-refractivity contribution in [3.8, 4) is 5.75 Å². The third kappa shape index (κ3) is 3.14. The summed E-state index contributed by atoms with van der Waals surface area (Å²) in [4.78, 5) is 4.19. The van der Waals surface area contributed by atoms with Crippen LogP contribution in [0.15, 0.2) is 36.7 Å². The van der Waals surface area contributed by atoms with E-state index in [0.717, 1.165) is 18.7 Å². The standard InChI is InChI=1S/C19H24N2O/c1-13-8-14(2)18-16(10-19(3,4)22-17(18)9-13)21-12-15-6-5-7-20-11-15/h5-9,11,16,21H,10,12H2,1-4H3. The average Bonchev–Trinajstić information content (AvgIpc) is 2.43. The fourth-order valence-electron chi connectivity index (χ4n) is 3.32. The van der Waals surface area contributed by atoms with E-state index in [4.69, 9.17) is 4.74 Å². The molecule has 0 fully saturated rings. The van der Waals surface area contributed by atoms with Gasteiger partial charge in [0.1, 0.15) is 11.4 Å². The first-order valence-corrected chi connectivity index (χ1v) is 7.87. The molecule has 0 amide bonds. The van der Waals surface area contributed by atoms with Gasteiger partial charge in [0.15, 0.2) is 0 Å². The van der Waals surface area contributed by atoms with Crippen molar-refractivity contribution in [2.24, 2.45) is 0 Å². The summed E-state index contributed by atoms with van der Waals surface area (Å²) in [6.45, 7) is 9.43. The van der Waals surface area contributed by atoms with Gasteiger partial charge in [0.2, 0.25) is 0 Å². The van der Waals surface area contributed by atoms with Crippen LogP contribution in [-0.2, 0) is 6.54 Å². The molecule has 0 saturated heterocycles. The number of aromatic nitrogens is 1. The number of rotatable bonds is 3. The van der Waals surface area contributed by atoms with Crippen LogP contribution in [0.4, 0.5) is 0 Å². The van der Waals surface area contributed by atoms with Crippen LogP contribution in [0.2, 0.25) is 0 Å². The molecule has 0 radical (unpaired) electrons. The van der Waals surface area contributed by atoms with Gasteiger partial charge in [-0.1, -0.05) is 12.1 Å². The molecule has 116 valence electrons. The number of ether oxygens (including phenoxy) is 1. The largest absolute Gasteiger partial charge is 0.487 e. The van der Waals surface area contributed by atoms with Gasteiger partial charge in [0.25, 0.3) is 0 Å². The summed E-state index contributed by atoms with van der Waals surface area (Å²) in [7, 11) is 0. The molecule has 2 aromatic rings. The Morgan fingerprint density at radius 3 is 2.86 bits per heavy atom. The van der Waals surface area contributed by atoms with E-state index < -0.39 is 0 Å². The van der Waals surface area contributed by atoms with E-state index >= 15 is 0 Å². The summed E-state index contributed by atoms with van der Waals surface area (Å²) in [6, 6.07) is 8.78. The van der Waals surface area contributed by atoms with Gasteiger partial charge in [-0.15, -0.1) is 0 Å². The van der Waals surface area contributed by atoms with Gasteiger partial charge in [0.05, 0.1) is 0 Å². The van der Waals surface area contributed by atoms with E-state index in [1.807, 2.05) is 18.5 Å². The Bertz CT molecular complexity index is 665. The van der Waals surface area contributed by atoms with E-state index in [-0.39, 0.29) is 5.60 Å². The molecule has 22 heavy (non-hydrogen) atoms. The monoisotopic (exact) mass is 296 g/mol. The molecule has 1 aliphatic rings. The minimum atomic E-state index is -0.153. The van der Waals surface area contributed by atoms with Crippen LogP contribution >= 0.6 is 0 Å². The summed E-state index contributed by atoms with van der Waals surface area (Å²) in [5.74, 6) is 1.03. The molecule has 1 atom stereocenters. The maximum absolute atomic E-state index is 6.21. The first-order chi connectivity index (χ1) is 10.4. The minimum Gasteiger partial charge on any atom is -0.487 e. The highest BCUT2D eigenvalue weighted by atomic mass is 16.5. The summed E-state index contributed by atoms with van der Waals surface area (Å²) in [5.41, 5.74) is 4.90. The molecule has 3 heteroatoms. The van der Waals surface area contributed by atoms with Crippen LogP contribution in [0.3, 0.4) is 0 Å². The first kappa shape index (κ1) is 15.0. The second kappa shape index (κ2) is 5.73. The molecule has 0 spiro atoms. The zero-order valence-corrected chi connectivity index (χ0v) is 13.8. The van der Waals surface area contributed by atoms with E-state index in [2.05, 4.69) is 56.2 Å². The highest BCUT2D eigenvalue weighted by Gasteiger charge is 2.34.